The van der Waals surface area contributed by atoms with E-state index in [2.05, 4.69) is 22.0 Å². The number of β-amino-alcohol motifs (C(OH)–C–C–N with tert-alkyl or cyclic N) is 1. The molecule has 2 bridgehead atoms. The Kier molecular flexibility index (Phi) is 3.50. The highest BCUT2D eigenvalue weighted by atomic mass is 16.3. The maximum absolute atomic E-state index is 8.92. The average Bonchev–Trinajstić information content (AvgIpc) is 2.94. The zero-order chi connectivity index (χ0) is 11.7. The molecule has 0 unspecified atom stereocenters. The van der Waals surface area contributed by atoms with E-state index in [1.165, 1.54) is 32.5 Å². The predicted molar refractivity (Wildman–Crippen MR) is 68.8 cm³/mol. The third kappa shape index (κ3) is 2.56. The molecule has 0 aromatic heterocycles. The van der Waals surface area contributed by atoms with Gasteiger partial charge < -0.3 is 10.0 Å². The topological polar surface area (TPSA) is 26.7 Å². The molecular formula is C14H24N2O. The van der Waals surface area contributed by atoms with Gasteiger partial charge in [0, 0.05) is 39.3 Å². The summed E-state index contributed by atoms with van der Waals surface area (Å²) in [5.41, 5.74) is 0. The molecule has 1 aliphatic heterocycles. The van der Waals surface area contributed by atoms with Crippen molar-refractivity contribution in [3.8, 4) is 0 Å². The van der Waals surface area contributed by atoms with E-state index in [9.17, 15) is 0 Å². The van der Waals surface area contributed by atoms with Crippen LogP contribution < -0.4 is 0 Å². The number of allylic oxidation sites excluding steroid dienone is 2. The van der Waals surface area contributed by atoms with Crippen molar-refractivity contribution in [1.29, 1.82) is 0 Å². The number of hydrogen-bond donors (Lipinski definition) is 1. The third-order valence-corrected chi connectivity index (χ3v) is 4.79. The van der Waals surface area contributed by atoms with E-state index >= 15 is 0 Å². The fraction of sp³-hybridized carbons (Fsp3) is 0.857. The molecule has 1 heterocycles. The molecule has 2 aliphatic carbocycles. The molecule has 2 fully saturated rings. The second-order valence-electron chi connectivity index (χ2n) is 5.91. The van der Waals surface area contributed by atoms with Crippen LogP contribution in [0.25, 0.3) is 0 Å². The van der Waals surface area contributed by atoms with Gasteiger partial charge in [0.1, 0.15) is 0 Å². The molecular weight excluding hydrogens is 212 g/mol. The van der Waals surface area contributed by atoms with E-state index < -0.39 is 0 Å². The van der Waals surface area contributed by atoms with Crippen LogP contribution in [0, 0.1) is 17.8 Å². The standard InChI is InChI=1S/C14H24N2O/c17-8-7-15-3-5-16(6-4-15)11-14-10-12-1-2-13(14)9-12/h1-2,12-14,17H,3-11H2/t12-,13+,14+/m0/s1. The van der Waals surface area contributed by atoms with Crippen LogP contribution >= 0.6 is 0 Å². The molecule has 3 rings (SSSR count). The van der Waals surface area contributed by atoms with Gasteiger partial charge in [-0.3, -0.25) is 4.90 Å². The van der Waals surface area contributed by atoms with Gasteiger partial charge in [-0.15, -0.1) is 0 Å². The predicted octanol–water partition coefficient (Wildman–Crippen LogP) is 0.808. The van der Waals surface area contributed by atoms with Crippen molar-refractivity contribution in [3.05, 3.63) is 12.2 Å². The Labute approximate surface area is 104 Å². The van der Waals surface area contributed by atoms with Crippen molar-refractivity contribution in [2.45, 2.75) is 12.8 Å². The smallest absolute Gasteiger partial charge is 0.0558 e. The van der Waals surface area contributed by atoms with Gasteiger partial charge in [-0.05, 0) is 30.6 Å². The molecule has 1 N–H and O–H groups in total. The van der Waals surface area contributed by atoms with E-state index in [0.29, 0.717) is 6.61 Å². The molecule has 1 saturated carbocycles. The van der Waals surface area contributed by atoms with Crippen LogP contribution in [-0.4, -0.2) is 60.8 Å². The monoisotopic (exact) mass is 236 g/mol. The number of aliphatic hydroxyl groups excluding tert-OH is 1. The fourth-order valence-corrected chi connectivity index (χ4v) is 3.77. The van der Waals surface area contributed by atoms with Crippen LogP contribution in [0.3, 0.4) is 0 Å². The van der Waals surface area contributed by atoms with Gasteiger partial charge in [0.05, 0.1) is 6.61 Å². The lowest BCUT2D eigenvalue weighted by atomic mass is 9.93. The van der Waals surface area contributed by atoms with Crippen LogP contribution in [0.5, 0.6) is 0 Å². The molecule has 3 atom stereocenters. The second-order valence-corrected chi connectivity index (χ2v) is 5.91. The summed E-state index contributed by atoms with van der Waals surface area (Å²) in [6.45, 7) is 7.12. The Bertz CT molecular complexity index is 284. The fourth-order valence-electron chi connectivity index (χ4n) is 3.77. The van der Waals surface area contributed by atoms with Crippen LogP contribution in [0.2, 0.25) is 0 Å². The minimum absolute atomic E-state index is 0.303. The van der Waals surface area contributed by atoms with Crippen molar-refractivity contribution in [2.75, 3.05) is 45.9 Å². The van der Waals surface area contributed by atoms with Gasteiger partial charge in [-0.2, -0.15) is 0 Å². The van der Waals surface area contributed by atoms with Crippen molar-refractivity contribution < 1.29 is 5.11 Å². The van der Waals surface area contributed by atoms with Gasteiger partial charge in [-0.25, -0.2) is 0 Å². The molecule has 0 amide bonds. The molecule has 3 heteroatoms. The van der Waals surface area contributed by atoms with Gasteiger partial charge in [0.2, 0.25) is 0 Å². The lowest BCUT2D eigenvalue weighted by Gasteiger charge is -2.36. The number of nitrogens with zero attached hydrogens (tertiary/aromatic N) is 2. The molecule has 0 spiro atoms. The Morgan fingerprint density at radius 2 is 1.76 bits per heavy atom. The SMILES string of the molecule is OCCN1CCN(C[C@H]2C[C@H]3C=C[C@@H]2C3)CC1. The summed E-state index contributed by atoms with van der Waals surface area (Å²) < 4.78 is 0. The number of hydrogen-bond acceptors (Lipinski definition) is 3. The summed E-state index contributed by atoms with van der Waals surface area (Å²) in [4.78, 5) is 5.00. The highest BCUT2D eigenvalue weighted by Gasteiger charge is 2.36. The lowest BCUT2D eigenvalue weighted by Crippen LogP contribution is -2.48. The Morgan fingerprint density at radius 3 is 2.35 bits per heavy atom. The van der Waals surface area contributed by atoms with Crippen LogP contribution in [0.4, 0.5) is 0 Å². The van der Waals surface area contributed by atoms with Crippen molar-refractivity contribution >= 4 is 0 Å². The van der Waals surface area contributed by atoms with E-state index in [-0.39, 0.29) is 0 Å². The lowest BCUT2D eigenvalue weighted by molar-refractivity contribution is 0.0980. The first-order valence-corrected chi connectivity index (χ1v) is 7.09. The molecule has 96 valence electrons. The molecule has 3 aliphatic rings. The maximum atomic E-state index is 8.92. The van der Waals surface area contributed by atoms with Crippen LogP contribution in [0.15, 0.2) is 12.2 Å². The second kappa shape index (κ2) is 5.09. The van der Waals surface area contributed by atoms with Crippen LogP contribution in [-0.2, 0) is 0 Å². The minimum atomic E-state index is 0.303. The Morgan fingerprint density at radius 1 is 1.00 bits per heavy atom. The summed E-state index contributed by atoms with van der Waals surface area (Å²) in [5, 5.41) is 8.92. The largest absolute Gasteiger partial charge is 0.395 e. The summed E-state index contributed by atoms with van der Waals surface area (Å²) in [6, 6.07) is 0. The minimum Gasteiger partial charge on any atom is -0.395 e. The van der Waals surface area contributed by atoms with E-state index in [4.69, 9.17) is 5.11 Å². The average molecular weight is 236 g/mol. The first kappa shape index (κ1) is 11.7. The van der Waals surface area contributed by atoms with Gasteiger partial charge in [0.15, 0.2) is 0 Å². The van der Waals surface area contributed by atoms with Crippen molar-refractivity contribution in [3.63, 3.8) is 0 Å². The Hall–Kier alpha value is -0.380. The summed E-state index contributed by atoms with van der Waals surface area (Å²) in [7, 11) is 0. The van der Waals surface area contributed by atoms with Gasteiger partial charge >= 0.3 is 0 Å². The first-order chi connectivity index (χ1) is 8.35. The quantitative estimate of drug-likeness (QED) is 0.732. The van der Waals surface area contributed by atoms with Gasteiger partial charge in [-0.1, -0.05) is 12.2 Å². The highest BCUT2D eigenvalue weighted by molar-refractivity contribution is 5.10. The summed E-state index contributed by atoms with van der Waals surface area (Å²) in [6.07, 6.45) is 7.74. The van der Waals surface area contributed by atoms with Crippen molar-refractivity contribution in [2.24, 2.45) is 17.8 Å². The number of piperazine rings is 1. The normalized spacial score (nSPS) is 38.1. The molecule has 1 saturated heterocycles. The zero-order valence-electron chi connectivity index (χ0n) is 10.6. The van der Waals surface area contributed by atoms with Crippen LogP contribution in [0.1, 0.15) is 12.8 Å². The summed E-state index contributed by atoms with van der Waals surface area (Å²) >= 11 is 0. The van der Waals surface area contributed by atoms with E-state index in [1.54, 1.807) is 0 Å². The van der Waals surface area contributed by atoms with E-state index in [0.717, 1.165) is 37.4 Å². The Balaban J connectivity index is 1.44. The number of rotatable bonds is 4. The van der Waals surface area contributed by atoms with Crippen molar-refractivity contribution in [1.82, 2.24) is 9.80 Å². The van der Waals surface area contributed by atoms with E-state index in [1.807, 2.05) is 0 Å². The first-order valence-electron chi connectivity index (χ1n) is 7.09. The molecule has 17 heavy (non-hydrogen) atoms. The highest BCUT2D eigenvalue weighted by Crippen LogP contribution is 2.43. The third-order valence-electron chi connectivity index (χ3n) is 4.79. The molecule has 0 aromatic rings. The molecule has 0 aromatic carbocycles. The summed E-state index contributed by atoms with van der Waals surface area (Å²) in [5.74, 6) is 2.71. The van der Waals surface area contributed by atoms with Gasteiger partial charge in [0.25, 0.3) is 0 Å². The number of aliphatic hydroxyl groups is 1. The molecule has 0 radical (unpaired) electrons. The molecule has 3 nitrogen and oxygen atoms in total. The maximum Gasteiger partial charge on any atom is 0.0558 e. The number of fused-ring (bicyclic) bond motifs is 2. The zero-order valence-corrected chi connectivity index (χ0v) is 10.6.